The molecule has 1 aromatic rings. The molecule has 0 saturated heterocycles. The third-order valence-corrected chi connectivity index (χ3v) is 3.03. The molecule has 6 nitrogen and oxygen atoms in total. The number of nitrogens with one attached hydrogen (secondary N) is 3. The normalized spacial score (nSPS) is 13.3. The van der Waals surface area contributed by atoms with Crippen molar-refractivity contribution in [2.45, 2.75) is 19.1 Å². The largest absolute Gasteiger partial charge is 0.405 e. The summed E-state index contributed by atoms with van der Waals surface area (Å²) in [4.78, 5) is 11.5. The van der Waals surface area contributed by atoms with Gasteiger partial charge in [-0.05, 0) is 31.2 Å². The maximum Gasteiger partial charge on any atom is 0.405 e. The summed E-state index contributed by atoms with van der Waals surface area (Å²) in [6.45, 7) is 0.0173. The van der Waals surface area contributed by atoms with Gasteiger partial charge in [-0.15, -0.1) is 0 Å². The SMILES string of the molecule is C[C@@H](Nc1ccc(NS(C)(=O)=O)cc1)C(=O)NCC(F)(F)F. The molecule has 3 N–H and O–H groups in total. The Bertz CT molecular complexity index is 615. The van der Waals surface area contributed by atoms with E-state index in [1.54, 1.807) is 5.32 Å². The Balaban J connectivity index is 2.57. The van der Waals surface area contributed by atoms with Crippen LogP contribution in [0.4, 0.5) is 24.5 Å². The van der Waals surface area contributed by atoms with Gasteiger partial charge in [0, 0.05) is 11.4 Å². The zero-order valence-electron chi connectivity index (χ0n) is 11.9. The Kier molecular flexibility index (Phi) is 5.64. The van der Waals surface area contributed by atoms with Gasteiger partial charge in [-0.3, -0.25) is 9.52 Å². The molecule has 0 bridgehead atoms. The van der Waals surface area contributed by atoms with E-state index in [-0.39, 0.29) is 0 Å². The standard InChI is InChI=1S/C12H16F3N3O3S/c1-8(11(19)16-7-12(13,14)15)17-9-3-5-10(6-4-9)18-22(2,20)21/h3-6,8,17-18H,7H2,1-2H3,(H,16,19)/t8-/m1/s1. The molecule has 1 rings (SSSR count). The molecular formula is C12H16F3N3O3S. The van der Waals surface area contributed by atoms with Crippen molar-refractivity contribution in [2.24, 2.45) is 0 Å². The van der Waals surface area contributed by atoms with Crippen molar-refractivity contribution in [3.05, 3.63) is 24.3 Å². The first-order chi connectivity index (χ1) is 9.96. The van der Waals surface area contributed by atoms with Crippen LogP contribution in [-0.2, 0) is 14.8 Å². The molecule has 0 heterocycles. The van der Waals surface area contributed by atoms with E-state index >= 15 is 0 Å². The van der Waals surface area contributed by atoms with E-state index in [0.717, 1.165) is 6.26 Å². The van der Waals surface area contributed by atoms with Crippen molar-refractivity contribution >= 4 is 27.3 Å². The molecule has 1 aromatic carbocycles. The van der Waals surface area contributed by atoms with Gasteiger partial charge in [0.15, 0.2) is 0 Å². The molecular weight excluding hydrogens is 323 g/mol. The van der Waals surface area contributed by atoms with Gasteiger partial charge in [0.05, 0.1) is 6.26 Å². The summed E-state index contributed by atoms with van der Waals surface area (Å²) in [6.07, 6.45) is -3.46. The Morgan fingerprint density at radius 2 is 1.68 bits per heavy atom. The smallest absolute Gasteiger partial charge is 0.374 e. The van der Waals surface area contributed by atoms with E-state index in [9.17, 15) is 26.4 Å². The van der Waals surface area contributed by atoms with Gasteiger partial charge in [-0.2, -0.15) is 13.2 Å². The van der Waals surface area contributed by atoms with Crippen LogP contribution in [0.3, 0.4) is 0 Å². The van der Waals surface area contributed by atoms with E-state index in [1.807, 2.05) is 0 Å². The summed E-state index contributed by atoms with van der Waals surface area (Å²) in [6, 6.07) is 5.05. The molecule has 0 aliphatic carbocycles. The number of alkyl halides is 3. The Morgan fingerprint density at radius 1 is 1.18 bits per heavy atom. The number of sulfonamides is 1. The van der Waals surface area contributed by atoms with E-state index in [1.165, 1.54) is 31.2 Å². The first kappa shape index (κ1) is 18.1. The first-order valence-electron chi connectivity index (χ1n) is 6.15. The average molecular weight is 339 g/mol. The van der Waals surface area contributed by atoms with E-state index in [4.69, 9.17) is 0 Å². The third-order valence-electron chi connectivity index (χ3n) is 2.43. The summed E-state index contributed by atoms with van der Waals surface area (Å²) >= 11 is 0. The van der Waals surface area contributed by atoms with Gasteiger partial charge >= 0.3 is 6.18 Å². The molecule has 0 fully saturated rings. The highest BCUT2D eigenvalue weighted by Gasteiger charge is 2.28. The van der Waals surface area contributed by atoms with Crippen LogP contribution in [0.2, 0.25) is 0 Å². The number of carbonyl (C=O) groups is 1. The van der Waals surface area contributed by atoms with Crippen LogP contribution in [0.1, 0.15) is 6.92 Å². The molecule has 10 heteroatoms. The number of anilines is 2. The second kappa shape index (κ2) is 6.86. The molecule has 1 amide bonds. The molecule has 0 aliphatic rings. The predicted molar refractivity (Wildman–Crippen MR) is 77.1 cm³/mol. The molecule has 0 aliphatic heterocycles. The number of benzene rings is 1. The lowest BCUT2D eigenvalue weighted by molar-refractivity contribution is -0.138. The van der Waals surface area contributed by atoms with Crippen LogP contribution in [0, 0.1) is 0 Å². The molecule has 0 spiro atoms. The van der Waals surface area contributed by atoms with Gasteiger partial charge in [0.25, 0.3) is 0 Å². The number of hydrogen-bond acceptors (Lipinski definition) is 4. The lowest BCUT2D eigenvalue weighted by atomic mass is 10.2. The maximum absolute atomic E-state index is 12.0. The Hall–Kier alpha value is -1.97. The Morgan fingerprint density at radius 3 is 2.14 bits per heavy atom. The minimum atomic E-state index is -4.46. The van der Waals surface area contributed by atoms with E-state index in [0.29, 0.717) is 11.4 Å². The van der Waals surface area contributed by atoms with Gasteiger partial charge in [0.1, 0.15) is 12.6 Å². The summed E-state index contributed by atoms with van der Waals surface area (Å²) in [5.41, 5.74) is 0.802. The molecule has 124 valence electrons. The lowest BCUT2D eigenvalue weighted by Crippen LogP contribution is -2.42. The Labute approximate surface area is 126 Å². The van der Waals surface area contributed by atoms with Crippen LogP contribution >= 0.6 is 0 Å². The quantitative estimate of drug-likeness (QED) is 0.734. The second-order valence-corrected chi connectivity index (χ2v) is 6.40. The van der Waals surface area contributed by atoms with Crippen LogP contribution < -0.4 is 15.4 Å². The number of hydrogen-bond donors (Lipinski definition) is 3. The van der Waals surface area contributed by atoms with Crippen LogP contribution in [0.5, 0.6) is 0 Å². The zero-order chi connectivity index (χ0) is 17.0. The monoisotopic (exact) mass is 339 g/mol. The van der Waals surface area contributed by atoms with Gasteiger partial charge in [0.2, 0.25) is 15.9 Å². The summed E-state index contributed by atoms with van der Waals surface area (Å²) in [7, 11) is -3.39. The lowest BCUT2D eigenvalue weighted by Gasteiger charge is -2.16. The van der Waals surface area contributed by atoms with Crippen LogP contribution in [-0.4, -0.2) is 39.3 Å². The van der Waals surface area contributed by atoms with Crippen molar-refractivity contribution in [1.29, 1.82) is 0 Å². The summed E-state index contributed by atoms with van der Waals surface area (Å²) < 4.78 is 60.3. The minimum Gasteiger partial charge on any atom is -0.374 e. The highest BCUT2D eigenvalue weighted by Crippen LogP contribution is 2.16. The van der Waals surface area contributed by atoms with Gasteiger partial charge in [-0.25, -0.2) is 8.42 Å². The van der Waals surface area contributed by atoms with Gasteiger partial charge < -0.3 is 10.6 Å². The minimum absolute atomic E-state index is 0.335. The predicted octanol–water partition coefficient (Wildman–Crippen LogP) is 1.54. The van der Waals surface area contributed by atoms with Gasteiger partial charge in [-0.1, -0.05) is 0 Å². The van der Waals surface area contributed by atoms with E-state index in [2.05, 4.69) is 10.0 Å². The molecule has 0 aromatic heterocycles. The fourth-order valence-electron chi connectivity index (χ4n) is 1.50. The molecule has 22 heavy (non-hydrogen) atoms. The third kappa shape index (κ3) is 7.16. The number of rotatable bonds is 6. The van der Waals surface area contributed by atoms with Crippen molar-refractivity contribution in [3.63, 3.8) is 0 Å². The van der Waals surface area contributed by atoms with Crippen molar-refractivity contribution < 1.29 is 26.4 Å². The number of halogens is 3. The fourth-order valence-corrected chi connectivity index (χ4v) is 2.07. The molecule has 0 unspecified atom stereocenters. The van der Waals surface area contributed by atoms with Crippen LogP contribution in [0.15, 0.2) is 24.3 Å². The van der Waals surface area contributed by atoms with Crippen molar-refractivity contribution in [1.82, 2.24) is 5.32 Å². The first-order valence-corrected chi connectivity index (χ1v) is 8.04. The number of carbonyl (C=O) groups excluding carboxylic acids is 1. The average Bonchev–Trinajstić information content (AvgIpc) is 2.35. The summed E-state index contributed by atoms with van der Waals surface area (Å²) in [5.74, 6) is -0.796. The highest BCUT2D eigenvalue weighted by atomic mass is 32.2. The number of amides is 1. The molecule has 0 radical (unpaired) electrons. The zero-order valence-corrected chi connectivity index (χ0v) is 12.7. The van der Waals surface area contributed by atoms with E-state index < -0.39 is 34.7 Å². The second-order valence-electron chi connectivity index (χ2n) is 4.65. The maximum atomic E-state index is 12.0. The highest BCUT2D eigenvalue weighted by molar-refractivity contribution is 7.92. The molecule has 1 atom stereocenters. The van der Waals surface area contributed by atoms with Crippen molar-refractivity contribution in [3.8, 4) is 0 Å². The molecule has 0 saturated carbocycles. The topological polar surface area (TPSA) is 87.3 Å². The van der Waals surface area contributed by atoms with Crippen LogP contribution in [0.25, 0.3) is 0 Å². The fraction of sp³-hybridized carbons (Fsp3) is 0.417. The van der Waals surface area contributed by atoms with Crippen molar-refractivity contribution in [2.75, 3.05) is 22.8 Å². The summed E-state index contributed by atoms with van der Waals surface area (Å²) in [5, 5.41) is 4.48.